The van der Waals surface area contributed by atoms with Crippen molar-refractivity contribution in [3.63, 3.8) is 0 Å². The van der Waals surface area contributed by atoms with E-state index in [9.17, 15) is 0 Å². The second-order valence-electron chi connectivity index (χ2n) is 9.66. The molecule has 0 saturated heterocycles. The molecule has 206 valence electrons. The SMILES string of the molecule is CC.CCC.Cc1ccc(-c2ccccc2)cc1.Cc1ccc(C2C=CC=CC2C)cc1.Cc1ccccc1. The molecule has 0 bridgehead atoms. The second-order valence-corrected chi connectivity index (χ2v) is 9.66. The minimum absolute atomic E-state index is 0.556. The molecule has 0 heterocycles. The fraction of sp³-hybridized carbons (Fsp3) is 0.282. The van der Waals surface area contributed by atoms with E-state index >= 15 is 0 Å². The van der Waals surface area contributed by atoms with Gasteiger partial charge in [0.1, 0.15) is 0 Å². The van der Waals surface area contributed by atoms with Gasteiger partial charge in [0.05, 0.1) is 0 Å². The minimum atomic E-state index is 0.556. The van der Waals surface area contributed by atoms with E-state index in [0.717, 1.165) is 0 Å². The summed E-state index contributed by atoms with van der Waals surface area (Å²) in [4.78, 5) is 0. The van der Waals surface area contributed by atoms with Crippen LogP contribution >= 0.6 is 0 Å². The van der Waals surface area contributed by atoms with Gasteiger partial charge in [-0.2, -0.15) is 0 Å². The Morgan fingerprint density at radius 3 is 1.31 bits per heavy atom. The second kappa shape index (κ2) is 20.3. The summed E-state index contributed by atoms with van der Waals surface area (Å²) in [6.07, 6.45) is 10.1. The molecule has 0 saturated carbocycles. The predicted molar refractivity (Wildman–Crippen MR) is 176 cm³/mol. The van der Waals surface area contributed by atoms with E-state index in [1.54, 1.807) is 0 Å². The summed E-state index contributed by atoms with van der Waals surface area (Å²) in [6, 6.07) is 38.1. The highest BCUT2D eigenvalue weighted by atomic mass is 14.2. The van der Waals surface area contributed by atoms with Crippen molar-refractivity contribution in [3.8, 4) is 11.1 Å². The maximum Gasteiger partial charge on any atom is 0.00813 e. The smallest absolute Gasteiger partial charge is 0.00813 e. The zero-order valence-corrected chi connectivity index (χ0v) is 25.6. The molecule has 0 aliphatic heterocycles. The van der Waals surface area contributed by atoms with Crippen LogP contribution in [0.25, 0.3) is 11.1 Å². The summed E-state index contributed by atoms with van der Waals surface area (Å²) < 4.78 is 0. The summed E-state index contributed by atoms with van der Waals surface area (Å²) >= 11 is 0. The Labute approximate surface area is 240 Å². The van der Waals surface area contributed by atoms with Crippen LogP contribution in [0.1, 0.15) is 69.2 Å². The molecule has 4 aromatic carbocycles. The Bertz CT molecular complexity index is 1160. The van der Waals surface area contributed by atoms with Gasteiger partial charge in [0.2, 0.25) is 0 Å². The van der Waals surface area contributed by atoms with E-state index in [2.05, 4.69) is 151 Å². The molecule has 39 heavy (non-hydrogen) atoms. The fourth-order valence-corrected chi connectivity index (χ4v) is 3.83. The van der Waals surface area contributed by atoms with Crippen molar-refractivity contribution in [2.24, 2.45) is 5.92 Å². The molecule has 0 spiro atoms. The molecule has 4 aromatic rings. The summed E-state index contributed by atoms with van der Waals surface area (Å²) in [7, 11) is 0. The lowest BCUT2D eigenvalue weighted by Gasteiger charge is -2.20. The van der Waals surface area contributed by atoms with Crippen molar-refractivity contribution in [1.82, 2.24) is 0 Å². The minimum Gasteiger partial charge on any atom is -0.0808 e. The van der Waals surface area contributed by atoms with Crippen LogP contribution in [0.3, 0.4) is 0 Å². The highest BCUT2D eigenvalue weighted by molar-refractivity contribution is 5.63. The highest BCUT2D eigenvalue weighted by Gasteiger charge is 2.15. The van der Waals surface area contributed by atoms with E-state index in [4.69, 9.17) is 0 Å². The molecular weight excluding hydrogens is 468 g/mol. The maximum atomic E-state index is 2.29. The largest absolute Gasteiger partial charge is 0.0808 e. The number of hydrogen-bond donors (Lipinski definition) is 0. The average Bonchev–Trinajstić information content (AvgIpc) is 2.97. The van der Waals surface area contributed by atoms with E-state index in [1.807, 2.05) is 38.1 Å². The summed E-state index contributed by atoms with van der Waals surface area (Å²) in [5.74, 6) is 1.17. The third kappa shape index (κ3) is 13.6. The fourth-order valence-electron chi connectivity index (χ4n) is 3.83. The van der Waals surface area contributed by atoms with Gasteiger partial charge in [-0.05, 0) is 43.4 Å². The summed E-state index contributed by atoms with van der Waals surface area (Å²) in [6.45, 7) is 16.8. The molecule has 0 N–H and O–H groups in total. The van der Waals surface area contributed by atoms with Crippen molar-refractivity contribution >= 4 is 0 Å². The van der Waals surface area contributed by atoms with Gasteiger partial charge in [0.25, 0.3) is 0 Å². The van der Waals surface area contributed by atoms with Crippen LogP contribution in [0.15, 0.2) is 133 Å². The van der Waals surface area contributed by atoms with Crippen molar-refractivity contribution in [2.45, 2.75) is 67.7 Å². The first-order valence-electron chi connectivity index (χ1n) is 14.5. The molecule has 0 radical (unpaired) electrons. The van der Waals surface area contributed by atoms with Gasteiger partial charge < -0.3 is 0 Å². The van der Waals surface area contributed by atoms with Crippen molar-refractivity contribution in [2.75, 3.05) is 0 Å². The first-order valence-corrected chi connectivity index (χ1v) is 14.5. The van der Waals surface area contributed by atoms with Crippen molar-refractivity contribution in [3.05, 3.63) is 156 Å². The lowest BCUT2D eigenvalue weighted by atomic mass is 9.84. The standard InChI is InChI=1S/C14H16.C13H12.C7H8.C3H8.C2H6/c1-11-7-9-13(10-8-11)14-6-4-3-5-12(14)2;1-11-7-9-13(10-8-11)12-5-3-2-4-6-12;1-7-5-3-2-4-6-7;1-3-2;1-2/h3-10,12,14H,1-2H3;2-10H,1H3;2-6H,1H3;3H2,1-2H3;1-2H3. The van der Waals surface area contributed by atoms with E-state index in [1.165, 1.54) is 39.8 Å². The van der Waals surface area contributed by atoms with Crippen LogP contribution < -0.4 is 0 Å². The van der Waals surface area contributed by atoms with E-state index < -0.39 is 0 Å². The van der Waals surface area contributed by atoms with Gasteiger partial charge in [-0.15, -0.1) is 0 Å². The van der Waals surface area contributed by atoms with Gasteiger partial charge >= 0.3 is 0 Å². The van der Waals surface area contributed by atoms with E-state index in [-0.39, 0.29) is 0 Å². The first kappa shape index (κ1) is 33.4. The number of benzene rings is 4. The zero-order chi connectivity index (χ0) is 28.9. The van der Waals surface area contributed by atoms with Gasteiger partial charge in [-0.1, -0.05) is 191 Å². The predicted octanol–water partition coefficient (Wildman–Crippen LogP) is 11.9. The molecule has 0 aromatic heterocycles. The molecule has 0 fully saturated rings. The normalized spacial score (nSPS) is 14.6. The molecule has 0 heteroatoms. The molecule has 2 atom stereocenters. The molecule has 2 unspecified atom stereocenters. The van der Waals surface area contributed by atoms with Gasteiger partial charge in [-0.25, -0.2) is 0 Å². The molecule has 0 nitrogen and oxygen atoms in total. The third-order valence-corrected chi connectivity index (χ3v) is 5.97. The van der Waals surface area contributed by atoms with Crippen molar-refractivity contribution < 1.29 is 0 Å². The number of allylic oxidation sites excluding steroid dienone is 4. The van der Waals surface area contributed by atoms with Gasteiger partial charge in [0, 0.05) is 5.92 Å². The maximum absolute atomic E-state index is 2.29. The Morgan fingerprint density at radius 1 is 0.487 bits per heavy atom. The van der Waals surface area contributed by atoms with Crippen molar-refractivity contribution in [1.29, 1.82) is 0 Å². The zero-order valence-electron chi connectivity index (χ0n) is 25.6. The Morgan fingerprint density at radius 2 is 0.872 bits per heavy atom. The van der Waals surface area contributed by atoms with Crippen LogP contribution in [0, 0.1) is 26.7 Å². The van der Waals surface area contributed by atoms with E-state index in [0.29, 0.717) is 11.8 Å². The quantitative estimate of drug-likeness (QED) is 0.247. The van der Waals surface area contributed by atoms with Crippen LogP contribution in [0.4, 0.5) is 0 Å². The Hall–Kier alpha value is -3.64. The molecule has 1 aliphatic carbocycles. The highest BCUT2D eigenvalue weighted by Crippen LogP contribution is 2.29. The molecular formula is C39H50. The van der Waals surface area contributed by atoms with Crippen LogP contribution in [-0.4, -0.2) is 0 Å². The summed E-state index contributed by atoms with van der Waals surface area (Å²) in [5.41, 5.74) is 7.94. The Balaban J connectivity index is 0.000000281. The van der Waals surface area contributed by atoms with Crippen LogP contribution in [0.2, 0.25) is 0 Å². The average molecular weight is 519 g/mol. The number of rotatable bonds is 2. The summed E-state index contributed by atoms with van der Waals surface area (Å²) in [5, 5.41) is 0. The van der Waals surface area contributed by atoms with Crippen LogP contribution in [0.5, 0.6) is 0 Å². The monoisotopic (exact) mass is 518 g/mol. The van der Waals surface area contributed by atoms with Crippen LogP contribution in [-0.2, 0) is 0 Å². The lowest BCUT2D eigenvalue weighted by molar-refractivity contribution is 0.635. The topological polar surface area (TPSA) is 0 Å². The third-order valence-electron chi connectivity index (χ3n) is 5.97. The van der Waals surface area contributed by atoms with Gasteiger partial charge in [0.15, 0.2) is 0 Å². The molecule has 0 amide bonds. The molecule has 1 aliphatic rings. The lowest BCUT2D eigenvalue weighted by Crippen LogP contribution is -2.06. The first-order chi connectivity index (χ1) is 18.9. The number of hydrogen-bond acceptors (Lipinski definition) is 0. The number of aryl methyl sites for hydroxylation is 3. The Kier molecular flexibility index (Phi) is 17.4. The molecule has 5 rings (SSSR count). The van der Waals surface area contributed by atoms with Gasteiger partial charge in [-0.3, -0.25) is 0 Å².